The zero-order chi connectivity index (χ0) is 15.4. The molecular weight excluding hydrogens is 266 g/mol. The summed E-state index contributed by atoms with van der Waals surface area (Å²) in [7, 11) is 0. The van der Waals surface area contributed by atoms with Gasteiger partial charge in [0.25, 0.3) is 5.56 Å². The van der Waals surface area contributed by atoms with Crippen LogP contribution in [0.2, 0.25) is 0 Å². The molecule has 4 nitrogen and oxygen atoms in total. The number of aromatic nitrogens is 1. The van der Waals surface area contributed by atoms with E-state index in [4.69, 9.17) is 5.11 Å². The molecule has 2 aromatic rings. The third-order valence-electron chi connectivity index (χ3n) is 3.21. The van der Waals surface area contributed by atoms with Gasteiger partial charge in [0.1, 0.15) is 0 Å². The van der Waals surface area contributed by atoms with Crippen LogP contribution in [0, 0.1) is 5.92 Å². The Kier molecular flexibility index (Phi) is 4.58. The van der Waals surface area contributed by atoms with Crippen LogP contribution < -0.4 is 5.56 Å². The Morgan fingerprint density at radius 1 is 1.14 bits per heavy atom. The van der Waals surface area contributed by atoms with Crippen LogP contribution in [0.1, 0.15) is 19.4 Å². The number of hydrogen-bond acceptors (Lipinski definition) is 2. The Bertz CT molecular complexity index is 687. The molecule has 1 aromatic heterocycles. The second-order valence-electron chi connectivity index (χ2n) is 5.49. The summed E-state index contributed by atoms with van der Waals surface area (Å²) in [6, 6.07) is 13.1. The molecule has 0 radical (unpaired) electrons. The number of rotatable bonds is 5. The van der Waals surface area contributed by atoms with E-state index in [0.29, 0.717) is 18.0 Å². The molecule has 0 unspecified atom stereocenters. The second kappa shape index (κ2) is 6.39. The zero-order valence-electron chi connectivity index (χ0n) is 12.2. The molecule has 2 rings (SSSR count). The fourth-order valence-corrected chi connectivity index (χ4v) is 2.33. The van der Waals surface area contributed by atoms with Gasteiger partial charge >= 0.3 is 5.97 Å². The molecule has 21 heavy (non-hydrogen) atoms. The minimum atomic E-state index is -0.990. The number of pyridine rings is 1. The fourth-order valence-electron chi connectivity index (χ4n) is 2.33. The van der Waals surface area contributed by atoms with Crippen LogP contribution in [-0.4, -0.2) is 15.6 Å². The Labute approximate surface area is 123 Å². The van der Waals surface area contributed by atoms with Gasteiger partial charge in [0.15, 0.2) is 0 Å². The first-order valence-electron chi connectivity index (χ1n) is 6.99. The zero-order valence-corrected chi connectivity index (χ0v) is 12.2. The average molecular weight is 285 g/mol. The lowest BCUT2D eigenvalue weighted by molar-refractivity contribution is -0.136. The molecule has 0 spiro atoms. The van der Waals surface area contributed by atoms with Crippen molar-refractivity contribution in [3.05, 3.63) is 58.4 Å². The standard InChI is InChI=1S/C17H19NO3/c1-12(2)11-18-15(13-6-4-3-5-7-13)9-8-14(17(18)21)10-16(19)20/h3-9,12H,10-11H2,1-2H3,(H,19,20). The predicted octanol–water partition coefficient (Wildman–Crippen LogP) is 2.80. The summed E-state index contributed by atoms with van der Waals surface area (Å²) < 4.78 is 1.68. The van der Waals surface area contributed by atoms with E-state index >= 15 is 0 Å². The molecule has 0 aliphatic heterocycles. The molecule has 0 bridgehead atoms. The van der Waals surface area contributed by atoms with E-state index in [1.165, 1.54) is 0 Å². The number of carboxylic acid groups (broad SMARTS) is 1. The van der Waals surface area contributed by atoms with E-state index in [2.05, 4.69) is 0 Å². The number of carboxylic acids is 1. The topological polar surface area (TPSA) is 59.3 Å². The molecule has 0 aliphatic rings. The lowest BCUT2D eigenvalue weighted by atomic mass is 10.1. The van der Waals surface area contributed by atoms with Gasteiger partial charge in [0.05, 0.1) is 12.1 Å². The molecule has 0 saturated carbocycles. The Morgan fingerprint density at radius 3 is 2.38 bits per heavy atom. The van der Waals surface area contributed by atoms with Crippen molar-refractivity contribution in [2.24, 2.45) is 5.92 Å². The van der Waals surface area contributed by atoms with E-state index in [0.717, 1.165) is 11.3 Å². The van der Waals surface area contributed by atoms with Gasteiger partial charge in [-0.25, -0.2) is 0 Å². The van der Waals surface area contributed by atoms with Gasteiger partial charge in [0, 0.05) is 12.1 Å². The summed E-state index contributed by atoms with van der Waals surface area (Å²) in [4.78, 5) is 23.4. The van der Waals surface area contributed by atoms with E-state index in [9.17, 15) is 9.59 Å². The monoisotopic (exact) mass is 285 g/mol. The number of nitrogens with zero attached hydrogens (tertiary/aromatic N) is 1. The van der Waals surface area contributed by atoms with Gasteiger partial charge in [-0.2, -0.15) is 0 Å². The predicted molar refractivity (Wildman–Crippen MR) is 82.3 cm³/mol. The van der Waals surface area contributed by atoms with Crippen molar-refractivity contribution in [1.29, 1.82) is 0 Å². The molecule has 1 aromatic carbocycles. The average Bonchev–Trinajstić information content (AvgIpc) is 2.43. The largest absolute Gasteiger partial charge is 0.481 e. The highest BCUT2D eigenvalue weighted by molar-refractivity contribution is 5.70. The molecule has 0 aliphatic carbocycles. The summed E-state index contributed by atoms with van der Waals surface area (Å²) in [6.45, 7) is 4.63. The van der Waals surface area contributed by atoms with Crippen LogP contribution >= 0.6 is 0 Å². The number of benzene rings is 1. The highest BCUT2D eigenvalue weighted by Crippen LogP contribution is 2.19. The van der Waals surface area contributed by atoms with E-state index in [1.54, 1.807) is 10.6 Å². The molecule has 4 heteroatoms. The lowest BCUT2D eigenvalue weighted by Gasteiger charge is -2.16. The molecule has 1 N–H and O–H groups in total. The van der Waals surface area contributed by atoms with Gasteiger partial charge in [-0.05, 0) is 17.5 Å². The van der Waals surface area contributed by atoms with Crippen molar-refractivity contribution in [3.8, 4) is 11.3 Å². The third-order valence-corrected chi connectivity index (χ3v) is 3.21. The van der Waals surface area contributed by atoms with Crippen molar-refractivity contribution >= 4 is 5.97 Å². The molecule has 0 amide bonds. The minimum Gasteiger partial charge on any atom is -0.481 e. The lowest BCUT2D eigenvalue weighted by Crippen LogP contribution is -2.28. The normalized spacial score (nSPS) is 10.8. The first kappa shape index (κ1) is 15.0. The van der Waals surface area contributed by atoms with Crippen molar-refractivity contribution in [2.75, 3.05) is 0 Å². The Balaban J connectivity index is 2.58. The van der Waals surface area contributed by atoms with Gasteiger partial charge in [-0.1, -0.05) is 50.2 Å². The maximum atomic E-state index is 12.5. The van der Waals surface area contributed by atoms with Crippen molar-refractivity contribution < 1.29 is 9.90 Å². The summed E-state index contributed by atoms with van der Waals surface area (Å²) >= 11 is 0. The molecule has 0 atom stereocenters. The van der Waals surface area contributed by atoms with Crippen LogP contribution in [0.3, 0.4) is 0 Å². The summed E-state index contributed by atoms with van der Waals surface area (Å²) in [5.41, 5.74) is 1.89. The molecule has 0 fully saturated rings. The number of hydrogen-bond donors (Lipinski definition) is 1. The molecule has 1 heterocycles. The van der Waals surface area contributed by atoms with Crippen LogP contribution in [0.25, 0.3) is 11.3 Å². The van der Waals surface area contributed by atoms with Crippen LogP contribution in [0.15, 0.2) is 47.3 Å². The van der Waals surface area contributed by atoms with Crippen LogP contribution in [-0.2, 0) is 17.8 Å². The summed E-state index contributed by atoms with van der Waals surface area (Å²) in [6.07, 6.45) is -0.244. The maximum Gasteiger partial charge on any atom is 0.308 e. The van der Waals surface area contributed by atoms with Gasteiger partial charge in [-0.15, -0.1) is 0 Å². The van der Waals surface area contributed by atoms with E-state index in [-0.39, 0.29) is 12.0 Å². The van der Waals surface area contributed by atoms with Crippen LogP contribution in [0.4, 0.5) is 0 Å². The SMILES string of the molecule is CC(C)Cn1c(-c2ccccc2)ccc(CC(=O)O)c1=O. The van der Waals surface area contributed by atoms with Crippen molar-refractivity contribution in [3.63, 3.8) is 0 Å². The smallest absolute Gasteiger partial charge is 0.308 e. The van der Waals surface area contributed by atoms with Crippen LogP contribution in [0.5, 0.6) is 0 Å². The maximum absolute atomic E-state index is 12.5. The highest BCUT2D eigenvalue weighted by atomic mass is 16.4. The third kappa shape index (κ3) is 3.60. The summed E-state index contributed by atoms with van der Waals surface area (Å²) in [5, 5.41) is 8.90. The second-order valence-corrected chi connectivity index (χ2v) is 5.49. The summed E-state index contributed by atoms with van der Waals surface area (Å²) in [5.74, 6) is -0.694. The first-order chi connectivity index (χ1) is 9.99. The Morgan fingerprint density at radius 2 is 1.81 bits per heavy atom. The molecule has 110 valence electrons. The van der Waals surface area contributed by atoms with Gasteiger partial charge in [-0.3, -0.25) is 9.59 Å². The number of aliphatic carboxylic acids is 1. The quantitative estimate of drug-likeness (QED) is 0.919. The van der Waals surface area contributed by atoms with E-state index < -0.39 is 5.97 Å². The van der Waals surface area contributed by atoms with Crippen molar-refractivity contribution in [2.45, 2.75) is 26.8 Å². The molecule has 0 saturated heterocycles. The number of carbonyl (C=O) groups is 1. The van der Waals surface area contributed by atoms with E-state index in [1.807, 2.05) is 50.2 Å². The van der Waals surface area contributed by atoms with Gasteiger partial charge < -0.3 is 9.67 Å². The van der Waals surface area contributed by atoms with Gasteiger partial charge in [0.2, 0.25) is 0 Å². The highest BCUT2D eigenvalue weighted by Gasteiger charge is 2.13. The first-order valence-corrected chi connectivity index (χ1v) is 6.99. The Hall–Kier alpha value is -2.36. The van der Waals surface area contributed by atoms with Crippen molar-refractivity contribution in [1.82, 2.24) is 4.57 Å². The molecular formula is C17H19NO3. The fraction of sp³-hybridized carbons (Fsp3) is 0.294. The minimum absolute atomic E-state index is 0.215.